The second kappa shape index (κ2) is 6.60. The number of nitrogens with one attached hydrogen (secondary N) is 1. The Labute approximate surface area is 152 Å². The molecule has 3 nitrogen and oxygen atoms in total. The zero-order valence-corrected chi connectivity index (χ0v) is 14.6. The van der Waals surface area contributed by atoms with Crippen molar-refractivity contribution < 1.29 is 9.59 Å². The van der Waals surface area contributed by atoms with E-state index in [2.05, 4.69) is 23.5 Å². The quantitative estimate of drug-likeness (QED) is 0.548. The fourth-order valence-electron chi connectivity index (χ4n) is 3.64. The Morgan fingerprint density at radius 3 is 2.54 bits per heavy atom. The standard InChI is InChI=1S/C23H19NO2/c1-15(25)24-19-10-5-16(6-11-19)7-14-22(26)20-12-8-17-3-2-4-18-9-13-21(20)23(17)18/h2-8,10-12,14H,9,13H2,1H3,(H,24,25)/b14-7+. The highest BCUT2D eigenvalue weighted by Gasteiger charge is 2.19. The van der Waals surface area contributed by atoms with Gasteiger partial charge in [0.1, 0.15) is 0 Å². The van der Waals surface area contributed by atoms with Crippen LogP contribution in [0.15, 0.2) is 60.7 Å². The van der Waals surface area contributed by atoms with Gasteiger partial charge < -0.3 is 5.32 Å². The lowest BCUT2D eigenvalue weighted by molar-refractivity contribution is -0.114. The number of hydrogen-bond donors (Lipinski definition) is 1. The fraction of sp³-hybridized carbons (Fsp3) is 0.130. The maximum Gasteiger partial charge on any atom is 0.221 e. The second-order valence-corrected chi connectivity index (χ2v) is 6.61. The first-order chi connectivity index (χ1) is 12.6. The predicted molar refractivity (Wildman–Crippen MR) is 105 cm³/mol. The monoisotopic (exact) mass is 341 g/mol. The minimum Gasteiger partial charge on any atom is -0.326 e. The number of anilines is 1. The lowest BCUT2D eigenvalue weighted by atomic mass is 9.97. The molecule has 3 aromatic carbocycles. The minimum absolute atomic E-state index is 0.0320. The number of amides is 1. The van der Waals surface area contributed by atoms with Crippen molar-refractivity contribution in [1.29, 1.82) is 0 Å². The molecule has 0 saturated heterocycles. The zero-order valence-electron chi connectivity index (χ0n) is 14.6. The summed E-state index contributed by atoms with van der Waals surface area (Å²) in [4.78, 5) is 23.8. The van der Waals surface area contributed by atoms with Gasteiger partial charge in [-0.2, -0.15) is 0 Å². The third-order valence-corrected chi connectivity index (χ3v) is 4.81. The molecule has 3 aromatic rings. The molecule has 0 atom stereocenters. The highest BCUT2D eigenvalue weighted by atomic mass is 16.1. The van der Waals surface area contributed by atoms with Gasteiger partial charge in [-0.3, -0.25) is 9.59 Å². The summed E-state index contributed by atoms with van der Waals surface area (Å²) in [6.07, 6.45) is 5.38. The van der Waals surface area contributed by atoms with E-state index in [1.54, 1.807) is 6.08 Å². The molecule has 3 heteroatoms. The summed E-state index contributed by atoms with van der Waals surface area (Å²) >= 11 is 0. The van der Waals surface area contributed by atoms with Crippen LogP contribution in [0, 0.1) is 0 Å². The highest BCUT2D eigenvalue weighted by molar-refractivity contribution is 6.11. The molecule has 0 radical (unpaired) electrons. The first-order valence-corrected chi connectivity index (χ1v) is 8.75. The molecule has 0 fully saturated rings. The van der Waals surface area contributed by atoms with E-state index in [1.807, 2.05) is 42.5 Å². The molecule has 1 aliphatic carbocycles. The van der Waals surface area contributed by atoms with Crippen LogP contribution < -0.4 is 5.32 Å². The van der Waals surface area contributed by atoms with Crippen molar-refractivity contribution in [3.63, 3.8) is 0 Å². The van der Waals surface area contributed by atoms with Crippen LogP contribution in [-0.4, -0.2) is 11.7 Å². The number of allylic oxidation sites excluding steroid dienone is 1. The normalized spacial score (nSPS) is 12.7. The summed E-state index contributed by atoms with van der Waals surface area (Å²) in [6, 6.07) is 17.7. The van der Waals surface area contributed by atoms with Crippen LogP contribution in [0.2, 0.25) is 0 Å². The zero-order chi connectivity index (χ0) is 18.1. The summed E-state index contributed by atoms with van der Waals surface area (Å²) in [5, 5.41) is 5.20. The van der Waals surface area contributed by atoms with Gasteiger partial charge in [0.2, 0.25) is 5.91 Å². The minimum atomic E-state index is -0.0998. The molecule has 0 unspecified atom stereocenters. The van der Waals surface area contributed by atoms with Crippen molar-refractivity contribution >= 4 is 34.2 Å². The lowest BCUT2D eigenvalue weighted by Gasteiger charge is -2.06. The van der Waals surface area contributed by atoms with Crippen LogP contribution in [-0.2, 0) is 17.6 Å². The van der Waals surface area contributed by atoms with E-state index in [-0.39, 0.29) is 11.7 Å². The topological polar surface area (TPSA) is 46.2 Å². The molecular weight excluding hydrogens is 322 g/mol. The Morgan fingerprint density at radius 1 is 0.962 bits per heavy atom. The van der Waals surface area contributed by atoms with Crippen LogP contribution in [0.25, 0.3) is 16.8 Å². The van der Waals surface area contributed by atoms with Gasteiger partial charge in [-0.15, -0.1) is 0 Å². The Hall–Kier alpha value is -3.20. The van der Waals surface area contributed by atoms with Crippen molar-refractivity contribution in [3.8, 4) is 0 Å². The van der Waals surface area contributed by atoms with Crippen LogP contribution in [0.4, 0.5) is 5.69 Å². The van der Waals surface area contributed by atoms with E-state index >= 15 is 0 Å². The molecule has 0 saturated carbocycles. The largest absolute Gasteiger partial charge is 0.326 e. The third-order valence-electron chi connectivity index (χ3n) is 4.81. The highest BCUT2D eigenvalue weighted by Crippen LogP contribution is 2.33. The number of aryl methyl sites for hydroxylation is 2. The van der Waals surface area contributed by atoms with Gasteiger partial charge in [-0.05, 0) is 58.5 Å². The molecule has 1 amide bonds. The maximum atomic E-state index is 12.7. The van der Waals surface area contributed by atoms with Crippen molar-refractivity contribution in [2.45, 2.75) is 19.8 Å². The van der Waals surface area contributed by atoms with Gasteiger partial charge in [0.15, 0.2) is 5.78 Å². The molecule has 26 heavy (non-hydrogen) atoms. The first-order valence-electron chi connectivity index (χ1n) is 8.75. The smallest absolute Gasteiger partial charge is 0.221 e. The van der Waals surface area contributed by atoms with E-state index < -0.39 is 0 Å². The van der Waals surface area contributed by atoms with Crippen molar-refractivity contribution in [1.82, 2.24) is 0 Å². The van der Waals surface area contributed by atoms with E-state index in [1.165, 1.54) is 28.8 Å². The lowest BCUT2D eigenvalue weighted by Crippen LogP contribution is -2.05. The number of carbonyl (C=O) groups is 2. The fourth-order valence-corrected chi connectivity index (χ4v) is 3.64. The second-order valence-electron chi connectivity index (χ2n) is 6.61. The molecular formula is C23H19NO2. The van der Waals surface area contributed by atoms with Crippen molar-refractivity contribution in [2.24, 2.45) is 0 Å². The molecule has 0 aliphatic heterocycles. The third kappa shape index (κ3) is 3.04. The predicted octanol–water partition coefficient (Wildman–Crippen LogP) is 4.79. The molecule has 1 N–H and O–H groups in total. The summed E-state index contributed by atoms with van der Waals surface area (Å²) in [5.41, 5.74) is 4.98. The SMILES string of the molecule is CC(=O)Nc1ccc(/C=C/C(=O)c2ccc3cccc4c3c2CC4)cc1. The molecule has 4 rings (SSSR count). The van der Waals surface area contributed by atoms with E-state index in [9.17, 15) is 9.59 Å². The van der Waals surface area contributed by atoms with Gasteiger partial charge in [-0.1, -0.05) is 48.5 Å². The van der Waals surface area contributed by atoms with Gasteiger partial charge in [0.25, 0.3) is 0 Å². The summed E-state index contributed by atoms with van der Waals surface area (Å²) in [6.45, 7) is 1.48. The summed E-state index contributed by atoms with van der Waals surface area (Å²) < 4.78 is 0. The Morgan fingerprint density at radius 2 is 1.77 bits per heavy atom. The number of carbonyl (C=O) groups excluding carboxylic acids is 2. The van der Waals surface area contributed by atoms with Crippen LogP contribution in [0.5, 0.6) is 0 Å². The number of ketones is 1. The van der Waals surface area contributed by atoms with Crippen LogP contribution in [0.3, 0.4) is 0 Å². The van der Waals surface area contributed by atoms with E-state index in [0.717, 1.165) is 29.7 Å². The summed E-state index contributed by atoms with van der Waals surface area (Å²) in [5.74, 6) is -0.0678. The van der Waals surface area contributed by atoms with Crippen molar-refractivity contribution in [3.05, 3.63) is 82.9 Å². The maximum absolute atomic E-state index is 12.7. The Balaban J connectivity index is 1.59. The number of benzene rings is 3. The summed E-state index contributed by atoms with van der Waals surface area (Å²) in [7, 11) is 0. The van der Waals surface area contributed by atoms with Gasteiger partial charge in [0, 0.05) is 18.2 Å². The molecule has 128 valence electrons. The molecule has 0 aromatic heterocycles. The number of rotatable bonds is 4. The Kier molecular flexibility index (Phi) is 4.13. The van der Waals surface area contributed by atoms with E-state index in [4.69, 9.17) is 0 Å². The molecule has 0 heterocycles. The molecule has 0 spiro atoms. The van der Waals surface area contributed by atoms with Crippen LogP contribution in [0.1, 0.15) is 34.0 Å². The molecule has 1 aliphatic rings. The van der Waals surface area contributed by atoms with Crippen molar-refractivity contribution in [2.75, 3.05) is 5.32 Å². The average molecular weight is 341 g/mol. The molecule has 0 bridgehead atoms. The van der Waals surface area contributed by atoms with Gasteiger partial charge >= 0.3 is 0 Å². The number of hydrogen-bond acceptors (Lipinski definition) is 2. The Bertz CT molecular complexity index is 1050. The van der Waals surface area contributed by atoms with Gasteiger partial charge in [0.05, 0.1) is 0 Å². The van der Waals surface area contributed by atoms with E-state index in [0.29, 0.717) is 0 Å². The average Bonchev–Trinajstić information content (AvgIpc) is 3.07. The van der Waals surface area contributed by atoms with Gasteiger partial charge in [-0.25, -0.2) is 0 Å². The first kappa shape index (κ1) is 16.3. The van der Waals surface area contributed by atoms with Crippen LogP contribution >= 0.6 is 0 Å².